The summed E-state index contributed by atoms with van der Waals surface area (Å²) < 4.78 is 4.91. The van der Waals surface area contributed by atoms with Crippen molar-refractivity contribution in [3.05, 3.63) is 35.1 Å². The van der Waals surface area contributed by atoms with Crippen LogP contribution in [0.5, 0.6) is 0 Å². The molecule has 1 amide bonds. The number of amides is 1. The van der Waals surface area contributed by atoms with E-state index in [0.717, 1.165) is 5.69 Å². The molecule has 0 aromatic carbocycles. The number of nitrogen functional groups attached to an aromatic ring is 1. The lowest BCUT2D eigenvalue weighted by Crippen LogP contribution is -2.23. The van der Waals surface area contributed by atoms with E-state index in [-0.39, 0.29) is 12.5 Å². The van der Waals surface area contributed by atoms with Gasteiger partial charge in [0.2, 0.25) is 5.89 Å². The monoisotopic (exact) mass is 261 g/mol. The Morgan fingerprint density at radius 1 is 1.42 bits per heavy atom. The van der Waals surface area contributed by atoms with Gasteiger partial charge in [0.15, 0.2) is 5.82 Å². The number of rotatable bonds is 4. The highest BCUT2D eigenvalue weighted by Crippen LogP contribution is 2.08. The van der Waals surface area contributed by atoms with E-state index < -0.39 is 0 Å². The van der Waals surface area contributed by atoms with Crippen LogP contribution in [0.2, 0.25) is 0 Å². The van der Waals surface area contributed by atoms with Gasteiger partial charge in [-0.3, -0.25) is 4.79 Å². The van der Waals surface area contributed by atoms with Gasteiger partial charge >= 0.3 is 0 Å². The third kappa shape index (κ3) is 3.27. The van der Waals surface area contributed by atoms with Gasteiger partial charge in [0.1, 0.15) is 5.82 Å². The van der Waals surface area contributed by atoms with E-state index in [2.05, 4.69) is 20.4 Å². The van der Waals surface area contributed by atoms with Crippen LogP contribution in [0.15, 0.2) is 16.7 Å². The molecule has 7 nitrogen and oxygen atoms in total. The van der Waals surface area contributed by atoms with Crippen molar-refractivity contribution in [2.45, 2.75) is 26.8 Å². The average molecular weight is 261 g/mol. The van der Waals surface area contributed by atoms with Crippen LogP contribution < -0.4 is 11.1 Å². The summed E-state index contributed by atoms with van der Waals surface area (Å²) in [4.78, 5) is 20.1. The molecule has 0 aliphatic rings. The van der Waals surface area contributed by atoms with Gasteiger partial charge in [-0.1, -0.05) is 12.1 Å². The number of pyridine rings is 1. The summed E-state index contributed by atoms with van der Waals surface area (Å²) in [5.74, 6) is 0.979. The molecule has 0 atom stereocenters. The number of carbonyl (C=O) groups excluding carboxylic acids is 1. The second-order valence-electron chi connectivity index (χ2n) is 4.04. The van der Waals surface area contributed by atoms with Crippen molar-refractivity contribution in [3.63, 3.8) is 0 Å². The van der Waals surface area contributed by atoms with Gasteiger partial charge in [-0.25, -0.2) is 4.98 Å². The van der Waals surface area contributed by atoms with Gasteiger partial charge in [0.05, 0.1) is 6.54 Å². The number of carbonyl (C=O) groups is 1. The number of aryl methyl sites for hydroxylation is 2. The minimum atomic E-state index is -0.250. The maximum absolute atomic E-state index is 12.0. The molecule has 0 aliphatic carbocycles. The Morgan fingerprint density at radius 2 is 2.21 bits per heavy atom. The van der Waals surface area contributed by atoms with E-state index in [1.165, 1.54) is 6.07 Å². The number of hydrogen-bond acceptors (Lipinski definition) is 6. The van der Waals surface area contributed by atoms with Gasteiger partial charge in [0, 0.05) is 11.3 Å². The van der Waals surface area contributed by atoms with Crippen LogP contribution in [0.1, 0.15) is 34.7 Å². The number of aromatic nitrogens is 3. The molecule has 2 aromatic rings. The van der Waals surface area contributed by atoms with Crippen LogP contribution in [0, 0.1) is 6.92 Å². The second-order valence-corrected chi connectivity index (χ2v) is 4.04. The van der Waals surface area contributed by atoms with Crippen LogP contribution >= 0.6 is 0 Å². The molecule has 0 fully saturated rings. The normalized spacial score (nSPS) is 10.4. The molecule has 0 radical (unpaired) electrons. The Balaban J connectivity index is 2.05. The summed E-state index contributed by atoms with van der Waals surface area (Å²) in [7, 11) is 0. The van der Waals surface area contributed by atoms with Crippen LogP contribution in [0.4, 0.5) is 5.82 Å². The minimum Gasteiger partial charge on any atom is -0.384 e. The molecule has 2 heterocycles. The van der Waals surface area contributed by atoms with E-state index in [4.69, 9.17) is 10.3 Å². The van der Waals surface area contributed by atoms with Gasteiger partial charge in [-0.2, -0.15) is 4.98 Å². The van der Waals surface area contributed by atoms with E-state index in [0.29, 0.717) is 29.5 Å². The Labute approximate surface area is 110 Å². The maximum atomic E-state index is 12.0. The predicted octanol–water partition coefficient (Wildman–Crippen LogP) is 0.848. The highest BCUT2D eigenvalue weighted by molar-refractivity contribution is 5.94. The lowest BCUT2D eigenvalue weighted by atomic mass is 10.2. The van der Waals surface area contributed by atoms with E-state index >= 15 is 0 Å². The van der Waals surface area contributed by atoms with Crippen molar-refractivity contribution in [2.75, 3.05) is 5.73 Å². The molecule has 0 aliphatic heterocycles. The molecule has 7 heteroatoms. The van der Waals surface area contributed by atoms with Crippen molar-refractivity contribution >= 4 is 11.7 Å². The Bertz CT molecular complexity index is 594. The maximum Gasteiger partial charge on any atom is 0.251 e. The zero-order valence-electron chi connectivity index (χ0n) is 10.8. The summed E-state index contributed by atoms with van der Waals surface area (Å²) in [6.45, 7) is 3.85. The first kappa shape index (κ1) is 13.0. The van der Waals surface area contributed by atoms with E-state index in [9.17, 15) is 4.79 Å². The zero-order valence-corrected chi connectivity index (χ0v) is 10.8. The molecular formula is C12H15N5O2. The lowest BCUT2D eigenvalue weighted by Gasteiger charge is -2.05. The van der Waals surface area contributed by atoms with Crippen molar-refractivity contribution < 1.29 is 9.32 Å². The first-order chi connectivity index (χ1) is 9.08. The highest BCUT2D eigenvalue weighted by atomic mass is 16.5. The molecule has 0 saturated carbocycles. The minimum absolute atomic E-state index is 0.184. The number of anilines is 1. The van der Waals surface area contributed by atoms with Crippen molar-refractivity contribution in [1.29, 1.82) is 0 Å². The number of nitrogens with two attached hydrogens (primary N) is 1. The summed E-state index contributed by atoms with van der Waals surface area (Å²) in [6.07, 6.45) is 0.716. The van der Waals surface area contributed by atoms with Gasteiger partial charge in [-0.05, 0) is 25.5 Å². The number of nitrogens with one attached hydrogen (secondary N) is 1. The third-order valence-electron chi connectivity index (χ3n) is 2.49. The Morgan fingerprint density at radius 3 is 2.84 bits per heavy atom. The van der Waals surface area contributed by atoms with Crippen LogP contribution in [0.3, 0.4) is 0 Å². The molecule has 19 heavy (non-hydrogen) atoms. The smallest absolute Gasteiger partial charge is 0.251 e. The molecule has 0 spiro atoms. The highest BCUT2D eigenvalue weighted by Gasteiger charge is 2.10. The van der Waals surface area contributed by atoms with Crippen molar-refractivity contribution in [2.24, 2.45) is 0 Å². The van der Waals surface area contributed by atoms with Gasteiger partial charge in [0.25, 0.3) is 5.91 Å². The quantitative estimate of drug-likeness (QED) is 0.844. The van der Waals surface area contributed by atoms with E-state index in [1.54, 1.807) is 13.0 Å². The topological polar surface area (TPSA) is 107 Å². The summed E-state index contributed by atoms with van der Waals surface area (Å²) in [6, 6.07) is 3.25. The van der Waals surface area contributed by atoms with Crippen LogP contribution in [-0.4, -0.2) is 21.0 Å². The Hall–Kier alpha value is -2.44. The van der Waals surface area contributed by atoms with Crippen LogP contribution in [-0.2, 0) is 13.0 Å². The first-order valence-electron chi connectivity index (χ1n) is 5.92. The van der Waals surface area contributed by atoms with Crippen molar-refractivity contribution in [1.82, 2.24) is 20.4 Å². The predicted molar refractivity (Wildman–Crippen MR) is 68.2 cm³/mol. The molecule has 0 bridgehead atoms. The molecule has 2 rings (SSSR count). The molecule has 2 aromatic heterocycles. The standard InChI is InChI=1S/C12H15N5O2/c1-3-9-4-8(5-10(13)16-9)12(18)14-6-11-15-7(2)17-19-11/h4-5H,3,6H2,1-2H3,(H2,13,16)(H,14,18). The summed E-state index contributed by atoms with van der Waals surface area (Å²) in [5, 5.41) is 6.33. The zero-order chi connectivity index (χ0) is 13.8. The number of hydrogen-bond donors (Lipinski definition) is 2. The Kier molecular flexibility index (Phi) is 3.74. The fourth-order valence-electron chi connectivity index (χ4n) is 1.59. The van der Waals surface area contributed by atoms with Crippen LogP contribution in [0.25, 0.3) is 0 Å². The van der Waals surface area contributed by atoms with Gasteiger partial charge < -0.3 is 15.6 Å². The second kappa shape index (κ2) is 5.47. The lowest BCUT2D eigenvalue weighted by molar-refractivity contribution is 0.0946. The molecular weight excluding hydrogens is 246 g/mol. The fourth-order valence-corrected chi connectivity index (χ4v) is 1.59. The summed E-state index contributed by atoms with van der Waals surface area (Å²) >= 11 is 0. The van der Waals surface area contributed by atoms with Crippen molar-refractivity contribution in [3.8, 4) is 0 Å². The third-order valence-corrected chi connectivity index (χ3v) is 2.49. The molecule has 3 N–H and O–H groups in total. The first-order valence-corrected chi connectivity index (χ1v) is 5.92. The molecule has 0 saturated heterocycles. The molecule has 100 valence electrons. The average Bonchev–Trinajstić information content (AvgIpc) is 2.81. The number of nitrogens with zero attached hydrogens (tertiary/aromatic N) is 3. The molecule has 0 unspecified atom stereocenters. The van der Waals surface area contributed by atoms with Gasteiger partial charge in [-0.15, -0.1) is 0 Å². The largest absolute Gasteiger partial charge is 0.384 e. The summed E-state index contributed by atoms with van der Waals surface area (Å²) in [5.41, 5.74) is 6.90. The van der Waals surface area contributed by atoms with E-state index in [1.807, 2.05) is 6.92 Å². The fraction of sp³-hybridized carbons (Fsp3) is 0.333. The SMILES string of the molecule is CCc1cc(C(=O)NCc2nc(C)no2)cc(N)n1.